The first kappa shape index (κ1) is 11.2. The Hall–Kier alpha value is 0.110. The van der Waals surface area contributed by atoms with Crippen molar-refractivity contribution < 1.29 is 4.79 Å². The molecule has 0 radical (unpaired) electrons. The highest BCUT2D eigenvalue weighted by Crippen LogP contribution is 2.33. The fraction of sp³-hybridized carbons (Fsp3) is 0.125. The largest absolute Gasteiger partial charge is 0.280 e. The van der Waals surface area contributed by atoms with Crippen LogP contribution >= 0.6 is 46.6 Å². The third kappa shape index (κ3) is 3.39. The van der Waals surface area contributed by atoms with Crippen molar-refractivity contribution in [1.82, 2.24) is 0 Å². The number of halogens is 3. The molecule has 0 aromatic heterocycles. The average molecular weight is 256 g/mol. The van der Waals surface area contributed by atoms with Crippen LogP contribution in [0.25, 0.3) is 0 Å². The Labute approximate surface area is 95.4 Å². The van der Waals surface area contributed by atoms with Crippen LogP contribution in [-0.2, 0) is 4.79 Å². The minimum Gasteiger partial charge on any atom is -0.280 e. The van der Waals surface area contributed by atoms with Gasteiger partial charge in [0.25, 0.3) is 0 Å². The molecule has 1 nitrogen and oxygen atoms in total. The van der Waals surface area contributed by atoms with Crippen molar-refractivity contribution in [3.05, 3.63) is 28.2 Å². The maximum Gasteiger partial charge on any atom is 0.231 e. The molecule has 0 aliphatic heterocycles. The quantitative estimate of drug-likeness (QED) is 0.603. The minimum absolute atomic E-state index is 0.172. The highest BCUT2D eigenvalue weighted by Gasteiger charge is 2.07. The Balaban J connectivity index is 2.81. The number of hydrogen-bond donors (Lipinski definition) is 0. The first-order chi connectivity index (χ1) is 6.11. The van der Waals surface area contributed by atoms with Crippen molar-refractivity contribution in [1.29, 1.82) is 0 Å². The second-order valence-electron chi connectivity index (χ2n) is 2.19. The highest BCUT2D eigenvalue weighted by molar-refractivity contribution is 8.00. The molecule has 0 atom stereocenters. The molecule has 0 N–H and O–H groups in total. The molecule has 0 amide bonds. The van der Waals surface area contributed by atoms with Gasteiger partial charge in [-0.05, 0) is 23.7 Å². The Morgan fingerprint density at radius 1 is 1.31 bits per heavy atom. The summed E-state index contributed by atoms with van der Waals surface area (Å²) in [5.41, 5.74) is 0. The Morgan fingerprint density at radius 3 is 2.31 bits per heavy atom. The zero-order valence-corrected chi connectivity index (χ0v) is 9.47. The minimum atomic E-state index is -0.416. The van der Waals surface area contributed by atoms with Gasteiger partial charge in [0.1, 0.15) is 0 Å². The fourth-order valence-electron chi connectivity index (χ4n) is 0.749. The van der Waals surface area contributed by atoms with Gasteiger partial charge in [0.05, 0.1) is 15.8 Å². The molecule has 5 heteroatoms. The van der Waals surface area contributed by atoms with Crippen LogP contribution in [0.4, 0.5) is 0 Å². The summed E-state index contributed by atoms with van der Waals surface area (Å²) in [7, 11) is 0. The van der Waals surface area contributed by atoms with Crippen molar-refractivity contribution in [3.8, 4) is 0 Å². The van der Waals surface area contributed by atoms with Crippen molar-refractivity contribution in [2.24, 2.45) is 0 Å². The van der Waals surface area contributed by atoms with Crippen LogP contribution in [0.2, 0.25) is 10.0 Å². The molecule has 0 saturated carbocycles. The van der Waals surface area contributed by atoms with Gasteiger partial charge in [-0.1, -0.05) is 29.3 Å². The zero-order valence-electron chi connectivity index (χ0n) is 6.39. The van der Waals surface area contributed by atoms with Crippen LogP contribution < -0.4 is 0 Å². The molecule has 0 aliphatic carbocycles. The predicted octanol–water partition coefficient (Wildman–Crippen LogP) is 3.85. The van der Waals surface area contributed by atoms with Gasteiger partial charge in [0, 0.05) is 4.90 Å². The van der Waals surface area contributed by atoms with Crippen LogP contribution in [-0.4, -0.2) is 11.0 Å². The van der Waals surface area contributed by atoms with E-state index in [1.165, 1.54) is 11.8 Å². The lowest BCUT2D eigenvalue weighted by atomic mass is 10.4. The Kier molecular flexibility index (Phi) is 4.39. The van der Waals surface area contributed by atoms with E-state index in [-0.39, 0.29) is 5.75 Å². The van der Waals surface area contributed by atoms with E-state index >= 15 is 0 Å². The topological polar surface area (TPSA) is 17.1 Å². The standard InChI is InChI=1S/C8H5Cl3OS/c9-5-2-1-3-6(10)8(5)13-4-7(11)12/h1-3H,4H2. The summed E-state index contributed by atoms with van der Waals surface area (Å²) < 4.78 is 0. The van der Waals surface area contributed by atoms with Gasteiger partial charge >= 0.3 is 0 Å². The maximum atomic E-state index is 10.5. The van der Waals surface area contributed by atoms with Gasteiger partial charge in [-0.2, -0.15) is 0 Å². The van der Waals surface area contributed by atoms with Gasteiger partial charge < -0.3 is 0 Å². The van der Waals surface area contributed by atoms with Gasteiger partial charge in [0.15, 0.2) is 0 Å². The molecule has 0 heterocycles. The van der Waals surface area contributed by atoms with Crippen LogP contribution in [0.1, 0.15) is 0 Å². The monoisotopic (exact) mass is 254 g/mol. The first-order valence-corrected chi connectivity index (χ1v) is 5.48. The van der Waals surface area contributed by atoms with Gasteiger partial charge in [0.2, 0.25) is 5.24 Å². The second kappa shape index (κ2) is 5.11. The molecule has 0 spiro atoms. The number of benzene rings is 1. The van der Waals surface area contributed by atoms with Gasteiger partial charge in [-0.15, -0.1) is 11.8 Å². The second-order valence-corrected chi connectivity index (χ2v) is 4.42. The Bertz CT molecular complexity index is 307. The SMILES string of the molecule is O=C(Cl)CSc1c(Cl)cccc1Cl. The summed E-state index contributed by atoms with van der Waals surface area (Å²) in [4.78, 5) is 11.2. The molecular weight excluding hydrogens is 251 g/mol. The van der Waals surface area contributed by atoms with Crippen molar-refractivity contribution in [3.63, 3.8) is 0 Å². The lowest BCUT2D eigenvalue weighted by Gasteiger charge is -2.03. The number of hydrogen-bond acceptors (Lipinski definition) is 2. The molecule has 0 bridgehead atoms. The highest BCUT2D eigenvalue weighted by atomic mass is 35.5. The van der Waals surface area contributed by atoms with Gasteiger partial charge in [-0.25, -0.2) is 0 Å². The van der Waals surface area contributed by atoms with E-state index in [1.54, 1.807) is 18.2 Å². The predicted molar refractivity (Wildman–Crippen MR) is 58.0 cm³/mol. The van der Waals surface area contributed by atoms with E-state index in [4.69, 9.17) is 34.8 Å². The molecule has 1 rings (SSSR count). The molecule has 0 aliphatic rings. The van der Waals surface area contributed by atoms with Crippen molar-refractivity contribution in [2.45, 2.75) is 4.90 Å². The van der Waals surface area contributed by atoms with Crippen molar-refractivity contribution in [2.75, 3.05) is 5.75 Å². The van der Waals surface area contributed by atoms with Crippen LogP contribution in [0.3, 0.4) is 0 Å². The van der Waals surface area contributed by atoms with Crippen LogP contribution in [0, 0.1) is 0 Å². The number of carbonyl (C=O) groups is 1. The lowest BCUT2D eigenvalue weighted by molar-refractivity contribution is -0.109. The Morgan fingerprint density at radius 2 is 1.85 bits per heavy atom. The molecule has 0 fully saturated rings. The van der Waals surface area contributed by atoms with E-state index in [0.29, 0.717) is 14.9 Å². The molecule has 1 aromatic carbocycles. The molecular formula is C8H5Cl3OS. The summed E-state index contributed by atoms with van der Waals surface area (Å²) in [6, 6.07) is 5.18. The number of rotatable bonds is 3. The smallest absolute Gasteiger partial charge is 0.231 e. The lowest BCUT2D eigenvalue weighted by Crippen LogP contribution is -1.89. The van der Waals surface area contributed by atoms with Crippen LogP contribution in [0.15, 0.2) is 23.1 Å². The zero-order chi connectivity index (χ0) is 9.84. The average Bonchev–Trinajstić information content (AvgIpc) is 2.03. The number of carbonyl (C=O) groups excluding carboxylic acids is 1. The summed E-state index contributed by atoms with van der Waals surface area (Å²) in [6.45, 7) is 0. The summed E-state index contributed by atoms with van der Waals surface area (Å²) >= 11 is 18.1. The number of thioether (sulfide) groups is 1. The van der Waals surface area contributed by atoms with Crippen LogP contribution in [0.5, 0.6) is 0 Å². The molecule has 0 unspecified atom stereocenters. The van der Waals surface area contributed by atoms with Crippen molar-refractivity contribution >= 4 is 51.8 Å². The van der Waals surface area contributed by atoms with E-state index in [1.807, 2.05) is 0 Å². The normalized spacial score (nSPS) is 10.1. The molecule has 0 saturated heterocycles. The van der Waals surface area contributed by atoms with E-state index in [2.05, 4.69) is 0 Å². The van der Waals surface area contributed by atoms with Gasteiger partial charge in [-0.3, -0.25) is 4.79 Å². The molecule has 13 heavy (non-hydrogen) atoms. The van der Waals surface area contributed by atoms with E-state index in [9.17, 15) is 4.79 Å². The first-order valence-electron chi connectivity index (χ1n) is 3.36. The third-order valence-corrected chi connectivity index (χ3v) is 3.53. The third-order valence-electron chi connectivity index (χ3n) is 1.25. The molecule has 1 aromatic rings. The molecule has 70 valence electrons. The summed E-state index contributed by atoms with van der Waals surface area (Å²) in [5.74, 6) is 0.172. The fourth-order valence-corrected chi connectivity index (χ4v) is 2.31. The summed E-state index contributed by atoms with van der Waals surface area (Å²) in [6.07, 6.45) is 0. The maximum absolute atomic E-state index is 10.5. The summed E-state index contributed by atoms with van der Waals surface area (Å²) in [5, 5.41) is 0.659. The van der Waals surface area contributed by atoms with E-state index < -0.39 is 5.24 Å². The van der Waals surface area contributed by atoms with E-state index in [0.717, 1.165) is 0 Å².